The lowest BCUT2D eigenvalue weighted by Gasteiger charge is -2.22. The van der Waals surface area contributed by atoms with Gasteiger partial charge in [0.05, 0.1) is 5.54 Å². The Hall–Kier alpha value is -1.93. The molecule has 86 valence electrons. The Morgan fingerprint density at radius 1 is 1.35 bits per heavy atom. The number of fused-ring (bicyclic) bond motifs is 1. The molecule has 17 heavy (non-hydrogen) atoms. The van der Waals surface area contributed by atoms with E-state index in [0.717, 1.165) is 42.3 Å². The Kier molecular flexibility index (Phi) is 2.30. The molecular weight excluding hydrogens is 216 g/mol. The van der Waals surface area contributed by atoms with Crippen LogP contribution in [-0.4, -0.2) is 11.1 Å². The normalized spacial score (nSPS) is 18.1. The number of hydrogen-bond acceptors (Lipinski definition) is 4. The summed E-state index contributed by atoms with van der Waals surface area (Å²) < 4.78 is 5.29. The number of isocyanates is 1. The van der Waals surface area contributed by atoms with Gasteiger partial charge in [0, 0.05) is 0 Å². The summed E-state index contributed by atoms with van der Waals surface area (Å²) in [5.41, 5.74) is 2.22. The molecule has 0 unspecified atom stereocenters. The summed E-state index contributed by atoms with van der Waals surface area (Å²) in [6.45, 7) is 0. The number of oxazole rings is 1. The fraction of sp³-hybridized carbons (Fsp3) is 0.385. The molecule has 1 aromatic carbocycles. The van der Waals surface area contributed by atoms with E-state index in [0.29, 0.717) is 0 Å². The summed E-state index contributed by atoms with van der Waals surface area (Å²) in [6.07, 6.45) is 7.15. The highest BCUT2D eigenvalue weighted by Crippen LogP contribution is 2.42. The Balaban J connectivity index is 2.14. The fourth-order valence-corrected chi connectivity index (χ4v) is 2.66. The largest absolute Gasteiger partial charge is 0.443 e. The molecule has 2 aromatic rings. The van der Waals surface area contributed by atoms with Gasteiger partial charge >= 0.3 is 0 Å². The molecule has 0 saturated heterocycles. The van der Waals surface area contributed by atoms with Gasteiger partial charge in [0.2, 0.25) is 6.08 Å². The van der Waals surface area contributed by atoms with Crippen LogP contribution in [0, 0.1) is 0 Å². The van der Waals surface area contributed by atoms with Crippen LogP contribution in [0.4, 0.5) is 0 Å². The SMILES string of the molecule is O=C=NC1(c2ccc3ncoc3c2)CCCC1. The number of aromatic nitrogens is 1. The number of aliphatic imine (C=N–C) groups is 1. The number of nitrogens with zero attached hydrogens (tertiary/aromatic N) is 2. The first-order valence-corrected chi connectivity index (χ1v) is 5.77. The van der Waals surface area contributed by atoms with E-state index in [1.807, 2.05) is 18.2 Å². The third-order valence-electron chi connectivity index (χ3n) is 3.56. The topological polar surface area (TPSA) is 55.5 Å². The maximum Gasteiger partial charge on any atom is 0.235 e. The van der Waals surface area contributed by atoms with E-state index in [-0.39, 0.29) is 5.54 Å². The summed E-state index contributed by atoms with van der Waals surface area (Å²) in [5.74, 6) is 0. The minimum Gasteiger partial charge on any atom is -0.443 e. The highest BCUT2D eigenvalue weighted by molar-refractivity contribution is 5.73. The second-order valence-electron chi connectivity index (χ2n) is 4.48. The van der Waals surface area contributed by atoms with Crippen LogP contribution in [0.15, 0.2) is 34.0 Å². The van der Waals surface area contributed by atoms with Crippen LogP contribution in [-0.2, 0) is 10.3 Å². The molecule has 3 rings (SSSR count). The van der Waals surface area contributed by atoms with Crippen LogP contribution in [0.1, 0.15) is 31.2 Å². The maximum atomic E-state index is 10.6. The van der Waals surface area contributed by atoms with Gasteiger partial charge in [-0.25, -0.2) is 9.78 Å². The van der Waals surface area contributed by atoms with E-state index in [9.17, 15) is 4.79 Å². The zero-order valence-electron chi connectivity index (χ0n) is 9.35. The number of rotatable bonds is 2. The molecule has 0 bridgehead atoms. The van der Waals surface area contributed by atoms with Crippen molar-refractivity contribution in [1.29, 1.82) is 0 Å². The number of hydrogen-bond donors (Lipinski definition) is 0. The van der Waals surface area contributed by atoms with E-state index in [2.05, 4.69) is 9.98 Å². The highest BCUT2D eigenvalue weighted by Gasteiger charge is 2.35. The van der Waals surface area contributed by atoms with E-state index in [1.54, 1.807) is 6.08 Å². The van der Waals surface area contributed by atoms with Crippen LogP contribution in [0.5, 0.6) is 0 Å². The minimum atomic E-state index is -0.386. The monoisotopic (exact) mass is 228 g/mol. The zero-order chi connectivity index (χ0) is 11.7. The molecule has 1 fully saturated rings. The quantitative estimate of drug-likeness (QED) is 0.586. The Bertz CT molecular complexity index is 590. The Morgan fingerprint density at radius 2 is 2.18 bits per heavy atom. The summed E-state index contributed by atoms with van der Waals surface area (Å²) in [7, 11) is 0. The molecule has 0 atom stereocenters. The lowest BCUT2D eigenvalue weighted by molar-refractivity contribution is 0.455. The van der Waals surface area contributed by atoms with Crippen molar-refractivity contribution in [2.24, 2.45) is 4.99 Å². The van der Waals surface area contributed by atoms with E-state index >= 15 is 0 Å². The van der Waals surface area contributed by atoms with Crippen LogP contribution >= 0.6 is 0 Å². The highest BCUT2D eigenvalue weighted by atomic mass is 16.3. The minimum absolute atomic E-state index is 0.386. The molecule has 0 amide bonds. The van der Waals surface area contributed by atoms with Crippen LogP contribution in [0.2, 0.25) is 0 Å². The van der Waals surface area contributed by atoms with Crippen molar-refractivity contribution in [3.8, 4) is 0 Å². The molecular formula is C13H12N2O2. The van der Waals surface area contributed by atoms with Gasteiger partial charge in [0.25, 0.3) is 0 Å². The van der Waals surface area contributed by atoms with Gasteiger partial charge in [-0.15, -0.1) is 0 Å². The summed E-state index contributed by atoms with van der Waals surface area (Å²) >= 11 is 0. The first kappa shape index (κ1) is 10.2. The molecule has 0 spiro atoms. The molecule has 4 heteroatoms. The molecule has 0 N–H and O–H groups in total. The molecule has 1 heterocycles. The van der Waals surface area contributed by atoms with Gasteiger partial charge in [-0.05, 0) is 30.5 Å². The second-order valence-corrected chi connectivity index (χ2v) is 4.48. The summed E-state index contributed by atoms with van der Waals surface area (Å²) in [5, 5.41) is 0. The molecule has 0 aliphatic heterocycles. The lowest BCUT2D eigenvalue weighted by atomic mass is 9.89. The van der Waals surface area contributed by atoms with Gasteiger partial charge in [0.15, 0.2) is 12.0 Å². The number of carbonyl (C=O) groups excluding carboxylic acids is 1. The molecule has 4 nitrogen and oxygen atoms in total. The van der Waals surface area contributed by atoms with Crippen molar-refractivity contribution in [1.82, 2.24) is 4.98 Å². The van der Waals surface area contributed by atoms with Crippen molar-refractivity contribution in [3.63, 3.8) is 0 Å². The summed E-state index contributed by atoms with van der Waals surface area (Å²) in [4.78, 5) is 18.8. The second kappa shape index (κ2) is 3.82. The predicted octanol–water partition coefficient (Wildman–Crippen LogP) is 2.93. The van der Waals surface area contributed by atoms with E-state index in [4.69, 9.17) is 4.42 Å². The lowest BCUT2D eigenvalue weighted by Crippen LogP contribution is -2.18. The molecule has 1 aliphatic carbocycles. The smallest absolute Gasteiger partial charge is 0.235 e. The van der Waals surface area contributed by atoms with Gasteiger partial charge in [-0.2, -0.15) is 4.99 Å². The maximum absolute atomic E-state index is 10.6. The number of benzene rings is 1. The van der Waals surface area contributed by atoms with Gasteiger partial charge < -0.3 is 4.42 Å². The van der Waals surface area contributed by atoms with Gasteiger partial charge in [-0.1, -0.05) is 18.9 Å². The van der Waals surface area contributed by atoms with Crippen molar-refractivity contribution in [2.75, 3.05) is 0 Å². The zero-order valence-corrected chi connectivity index (χ0v) is 9.35. The first-order valence-electron chi connectivity index (χ1n) is 5.77. The first-order chi connectivity index (χ1) is 8.34. The molecule has 1 saturated carbocycles. The van der Waals surface area contributed by atoms with E-state index in [1.165, 1.54) is 6.39 Å². The van der Waals surface area contributed by atoms with Crippen molar-refractivity contribution in [2.45, 2.75) is 31.2 Å². The average Bonchev–Trinajstić information content (AvgIpc) is 2.96. The standard InChI is InChI=1S/C13H12N2O2/c16-8-15-13(5-1-2-6-13)10-3-4-11-12(7-10)17-9-14-11/h3-4,7,9H,1-2,5-6H2. The average molecular weight is 228 g/mol. The Morgan fingerprint density at radius 3 is 2.94 bits per heavy atom. The van der Waals surface area contributed by atoms with Gasteiger partial charge in [0.1, 0.15) is 5.52 Å². The van der Waals surface area contributed by atoms with Crippen LogP contribution < -0.4 is 0 Å². The van der Waals surface area contributed by atoms with Crippen LogP contribution in [0.3, 0.4) is 0 Å². The third-order valence-corrected chi connectivity index (χ3v) is 3.56. The van der Waals surface area contributed by atoms with Crippen LogP contribution in [0.25, 0.3) is 11.1 Å². The third kappa shape index (κ3) is 1.58. The Labute approximate surface area is 98.4 Å². The van der Waals surface area contributed by atoms with Crippen molar-refractivity contribution < 1.29 is 9.21 Å². The van der Waals surface area contributed by atoms with Crippen molar-refractivity contribution in [3.05, 3.63) is 30.2 Å². The molecule has 1 aliphatic rings. The fourth-order valence-electron chi connectivity index (χ4n) is 2.66. The predicted molar refractivity (Wildman–Crippen MR) is 62.3 cm³/mol. The molecule has 1 aromatic heterocycles. The summed E-state index contributed by atoms with van der Waals surface area (Å²) in [6, 6.07) is 5.83. The van der Waals surface area contributed by atoms with Crippen molar-refractivity contribution >= 4 is 17.2 Å². The van der Waals surface area contributed by atoms with E-state index < -0.39 is 0 Å². The molecule has 0 radical (unpaired) electrons. The van der Waals surface area contributed by atoms with Gasteiger partial charge in [-0.3, -0.25) is 0 Å².